The van der Waals surface area contributed by atoms with E-state index in [0.29, 0.717) is 18.0 Å². The van der Waals surface area contributed by atoms with Crippen LogP contribution in [-0.2, 0) is 9.84 Å². The van der Waals surface area contributed by atoms with E-state index in [4.69, 9.17) is 9.15 Å². The Hall–Kier alpha value is -1.95. The minimum absolute atomic E-state index is 0.140. The minimum Gasteiger partial charge on any atom is -0.482 e. The van der Waals surface area contributed by atoms with E-state index < -0.39 is 9.84 Å². The van der Waals surface area contributed by atoms with Crippen LogP contribution in [0.25, 0.3) is 0 Å². The molecule has 2 heterocycles. The summed E-state index contributed by atoms with van der Waals surface area (Å²) < 4.78 is 34.6. The summed E-state index contributed by atoms with van der Waals surface area (Å²) in [5.74, 6) is 2.34. The standard InChI is InChI=1S/C15H17NO4S/c1-9-6-12(10(2)19-9)15-8-16-13-7-11(21(3,17)18)4-5-14(13)20-15/h4-7,15-16H,8H2,1-3H3. The molecular formula is C15H17NO4S. The Morgan fingerprint density at radius 2 is 2.00 bits per heavy atom. The molecule has 0 aliphatic carbocycles. The summed E-state index contributed by atoms with van der Waals surface area (Å²) in [5, 5.41) is 3.23. The molecule has 1 aromatic carbocycles. The highest BCUT2D eigenvalue weighted by Gasteiger charge is 2.25. The van der Waals surface area contributed by atoms with Gasteiger partial charge >= 0.3 is 0 Å². The number of aryl methyl sites for hydroxylation is 2. The number of hydrogen-bond acceptors (Lipinski definition) is 5. The van der Waals surface area contributed by atoms with Gasteiger partial charge in [0.1, 0.15) is 23.4 Å². The normalized spacial score (nSPS) is 17.8. The van der Waals surface area contributed by atoms with E-state index >= 15 is 0 Å². The molecule has 1 aromatic heterocycles. The zero-order valence-electron chi connectivity index (χ0n) is 12.1. The van der Waals surface area contributed by atoms with Crippen molar-refractivity contribution in [3.05, 3.63) is 41.3 Å². The minimum atomic E-state index is -3.22. The van der Waals surface area contributed by atoms with Crippen molar-refractivity contribution in [2.75, 3.05) is 18.1 Å². The van der Waals surface area contributed by atoms with Gasteiger partial charge in [-0.3, -0.25) is 0 Å². The maximum Gasteiger partial charge on any atom is 0.175 e. The molecule has 0 fully saturated rings. The zero-order chi connectivity index (χ0) is 15.2. The first-order valence-electron chi connectivity index (χ1n) is 6.66. The largest absolute Gasteiger partial charge is 0.482 e. The van der Waals surface area contributed by atoms with Crippen LogP contribution in [0.5, 0.6) is 5.75 Å². The van der Waals surface area contributed by atoms with Gasteiger partial charge in [0, 0.05) is 11.8 Å². The number of nitrogens with one attached hydrogen (secondary N) is 1. The number of rotatable bonds is 2. The van der Waals surface area contributed by atoms with E-state index in [1.807, 2.05) is 19.9 Å². The summed E-state index contributed by atoms with van der Waals surface area (Å²) in [6, 6.07) is 6.82. The van der Waals surface area contributed by atoms with Gasteiger partial charge < -0.3 is 14.5 Å². The second kappa shape index (κ2) is 4.80. The van der Waals surface area contributed by atoms with Crippen LogP contribution in [0.2, 0.25) is 0 Å². The molecule has 0 amide bonds. The van der Waals surface area contributed by atoms with Crippen LogP contribution >= 0.6 is 0 Å². The smallest absolute Gasteiger partial charge is 0.175 e. The lowest BCUT2D eigenvalue weighted by Gasteiger charge is -2.27. The third-order valence-corrected chi connectivity index (χ3v) is 4.66. The van der Waals surface area contributed by atoms with Crippen molar-refractivity contribution in [1.82, 2.24) is 0 Å². The van der Waals surface area contributed by atoms with E-state index in [0.717, 1.165) is 17.1 Å². The predicted octanol–water partition coefficient (Wildman–Crippen LogP) is 2.85. The molecule has 3 rings (SSSR count). The average molecular weight is 307 g/mol. The SMILES string of the molecule is Cc1cc(C2CNc3cc(S(C)(=O)=O)ccc3O2)c(C)o1. The van der Waals surface area contributed by atoms with Crippen LogP contribution in [0.3, 0.4) is 0 Å². The molecular weight excluding hydrogens is 290 g/mol. The lowest BCUT2D eigenvalue weighted by molar-refractivity contribution is 0.208. The second-order valence-electron chi connectivity index (χ2n) is 5.29. The van der Waals surface area contributed by atoms with Gasteiger partial charge in [-0.05, 0) is 38.1 Å². The molecule has 5 nitrogen and oxygen atoms in total. The second-order valence-corrected chi connectivity index (χ2v) is 7.30. The Labute approximate surface area is 123 Å². The van der Waals surface area contributed by atoms with Crippen molar-refractivity contribution in [3.63, 3.8) is 0 Å². The monoisotopic (exact) mass is 307 g/mol. The molecule has 1 N–H and O–H groups in total. The molecule has 0 saturated carbocycles. The highest BCUT2D eigenvalue weighted by Crippen LogP contribution is 2.37. The van der Waals surface area contributed by atoms with Gasteiger partial charge in [0.2, 0.25) is 0 Å². The van der Waals surface area contributed by atoms with Crippen LogP contribution in [0.1, 0.15) is 23.2 Å². The Kier molecular flexibility index (Phi) is 3.20. The summed E-state index contributed by atoms with van der Waals surface area (Å²) in [5.41, 5.74) is 1.71. The van der Waals surface area contributed by atoms with Gasteiger partial charge in [-0.2, -0.15) is 0 Å². The Bertz CT molecular complexity index is 792. The van der Waals surface area contributed by atoms with E-state index in [1.54, 1.807) is 18.2 Å². The number of sulfone groups is 1. The van der Waals surface area contributed by atoms with E-state index in [1.165, 1.54) is 6.26 Å². The van der Waals surface area contributed by atoms with E-state index in [9.17, 15) is 8.42 Å². The number of fused-ring (bicyclic) bond motifs is 1. The lowest BCUT2D eigenvalue weighted by atomic mass is 10.1. The Balaban J connectivity index is 1.92. The molecule has 21 heavy (non-hydrogen) atoms. The van der Waals surface area contributed by atoms with Crippen LogP contribution in [-0.4, -0.2) is 21.2 Å². The number of ether oxygens (including phenoxy) is 1. The first-order chi connectivity index (χ1) is 9.84. The zero-order valence-corrected chi connectivity index (χ0v) is 13.0. The molecule has 0 radical (unpaired) electrons. The van der Waals surface area contributed by atoms with Crippen LogP contribution in [0.4, 0.5) is 5.69 Å². The molecule has 1 atom stereocenters. The summed E-state index contributed by atoms with van der Waals surface area (Å²) in [6.07, 6.45) is 1.05. The van der Waals surface area contributed by atoms with Crippen molar-refractivity contribution in [1.29, 1.82) is 0 Å². The maximum absolute atomic E-state index is 11.6. The molecule has 1 aliphatic rings. The first-order valence-corrected chi connectivity index (χ1v) is 8.55. The maximum atomic E-state index is 11.6. The summed E-state index contributed by atoms with van der Waals surface area (Å²) in [7, 11) is -3.22. The van der Waals surface area contributed by atoms with Gasteiger partial charge in [0.05, 0.1) is 17.1 Å². The number of furan rings is 1. The van der Waals surface area contributed by atoms with Gasteiger partial charge in [0.25, 0.3) is 0 Å². The first kappa shape index (κ1) is 14.0. The molecule has 1 unspecified atom stereocenters. The van der Waals surface area contributed by atoms with Gasteiger partial charge in [-0.25, -0.2) is 8.42 Å². The van der Waals surface area contributed by atoms with Crippen LogP contribution in [0.15, 0.2) is 33.6 Å². The third kappa shape index (κ3) is 2.63. The number of hydrogen-bond donors (Lipinski definition) is 1. The topological polar surface area (TPSA) is 68.5 Å². The fourth-order valence-electron chi connectivity index (χ4n) is 2.52. The Morgan fingerprint density at radius 1 is 1.24 bits per heavy atom. The van der Waals surface area contributed by atoms with Gasteiger partial charge in [0.15, 0.2) is 9.84 Å². The molecule has 1 aliphatic heterocycles. The Morgan fingerprint density at radius 3 is 2.62 bits per heavy atom. The highest BCUT2D eigenvalue weighted by molar-refractivity contribution is 7.90. The van der Waals surface area contributed by atoms with Crippen molar-refractivity contribution < 1.29 is 17.6 Å². The van der Waals surface area contributed by atoms with Crippen molar-refractivity contribution >= 4 is 15.5 Å². The van der Waals surface area contributed by atoms with E-state index in [-0.39, 0.29) is 11.0 Å². The number of benzene rings is 1. The van der Waals surface area contributed by atoms with Gasteiger partial charge in [-0.1, -0.05) is 0 Å². The molecule has 0 saturated heterocycles. The van der Waals surface area contributed by atoms with Crippen molar-refractivity contribution in [2.45, 2.75) is 24.8 Å². The quantitative estimate of drug-likeness (QED) is 0.924. The lowest BCUT2D eigenvalue weighted by Crippen LogP contribution is -2.24. The van der Waals surface area contributed by atoms with Crippen molar-refractivity contribution in [3.8, 4) is 5.75 Å². The molecule has 2 aromatic rings. The number of anilines is 1. The highest BCUT2D eigenvalue weighted by atomic mass is 32.2. The van der Waals surface area contributed by atoms with Crippen molar-refractivity contribution in [2.24, 2.45) is 0 Å². The predicted molar refractivity (Wildman–Crippen MR) is 79.6 cm³/mol. The third-order valence-electron chi connectivity index (χ3n) is 3.55. The fraction of sp³-hybridized carbons (Fsp3) is 0.333. The summed E-state index contributed by atoms with van der Waals surface area (Å²) in [6.45, 7) is 4.38. The molecule has 0 spiro atoms. The van der Waals surface area contributed by atoms with Crippen LogP contribution in [0, 0.1) is 13.8 Å². The summed E-state index contributed by atoms with van der Waals surface area (Å²) in [4.78, 5) is 0.283. The average Bonchev–Trinajstić information content (AvgIpc) is 2.75. The van der Waals surface area contributed by atoms with Crippen LogP contribution < -0.4 is 10.1 Å². The fourth-order valence-corrected chi connectivity index (χ4v) is 3.17. The van der Waals surface area contributed by atoms with E-state index in [2.05, 4.69) is 5.32 Å². The molecule has 6 heteroatoms. The molecule has 0 bridgehead atoms. The van der Waals surface area contributed by atoms with Gasteiger partial charge in [-0.15, -0.1) is 0 Å². The summed E-state index contributed by atoms with van der Waals surface area (Å²) >= 11 is 0. The molecule has 112 valence electrons.